The lowest BCUT2D eigenvalue weighted by molar-refractivity contribution is -0.143. The molecular formula is C14H18F2N2O8PS2+. The summed E-state index contributed by atoms with van der Waals surface area (Å²) in [6.45, 7) is -0.411. The molecule has 0 spiro atoms. The van der Waals surface area contributed by atoms with Gasteiger partial charge in [-0.25, -0.2) is 4.79 Å². The first-order valence-corrected chi connectivity index (χ1v) is 12.5. The summed E-state index contributed by atoms with van der Waals surface area (Å²) in [6.07, 6.45) is -5.23. The van der Waals surface area contributed by atoms with Crippen LogP contribution >= 0.6 is 29.8 Å². The van der Waals surface area contributed by atoms with Gasteiger partial charge in [0.15, 0.2) is 0 Å². The summed E-state index contributed by atoms with van der Waals surface area (Å²) in [5.74, 6) is -2.66. The summed E-state index contributed by atoms with van der Waals surface area (Å²) in [4.78, 5) is 35.6. The van der Waals surface area contributed by atoms with Gasteiger partial charge in [0, 0.05) is 30.9 Å². The van der Waals surface area contributed by atoms with Gasteiger partial charge < -0.3 is 9.47 Å². The summed E-state index contributed by atoms with van der Waals surface area (Å²) in [6, 6.07) is 0.927. The van der Waals surface area contributed by atoms with E-state index in [-0.39, 0.29) is 6.10 Å². The van der Waals surface area contributed by atoms with Crippen molar-refractivity contribution in [1.29, 1.82) is 0 Å². The molecule has 6 atom stereocenters. The zero-order valence-corrected chi connectivity index (χ0v) is 17.5. The number of alkyl halides is 2. The monoisotopic (exact) mass is 475 g/mol. The highest BCUT2D eigenvalue weighted by Gasteiger charge is 2.70. The fourth-order valence-electron chi connectivity index (χ4n) is 3.17. The number of nitrogens with zero attached hydrogens (tertiary/aromatic N) is 1. The molecule has 1 aromatic heterocycles. The van der Waals surface area contributed by atoms with E-state index in [0.29, 0.717) is 16.1 Å². The topological polar surface area (TPSA) is 121 Å². The molecule has 0 saturated carbocycles. The number of rotatable bonds is 4. The van der Waals surface area contributed by atoms with E-state index in [9.17, 15) is 14.5 Å². The smallest absolute Gasteiger partial charge is 0.378 e. The molecule has 15 heteroatoms. The van der Waals surface area contributed by atoms with Gasteiger partial charge in [0.2, 0.25) is 12.3 Å². The number of nitrogens with one attached hydrogen (secondary N) is 1. The van der Waals surface area contributed by atoms with Crippen LogP contribution in [0, 0.1) is 0 Å². The highest BCUT2D eigenvalue weighted by Crippen LogP contribution is 2.66. The first kappa shape index (κ1) is 21.7. The summed E-state index contributed by atoms with van der Waals surface area (Å²) in [5.41, 5.74) is -1.78. The Bertz CT molecular complexity index is 875. The molecule has 3 saturated heterocycles. The zero-order chi connectivity index (χ0) is 20.8. The molecular weight excluding hydrogens is 457 g/mol. The largest absolute Gasteiger partial charge is 0.573 e. The number of ether oxygens (including phenoxy) is 2. The van der Waals surface area contributed by atoms with Crippen LogP contribution in [0.4, 0.5) is 8.78 Å². The molecule has 4 heterocycles. The molecule has 0 aromatic carbocycles. The number of aromatic amines is 1. The summed E-state index contributed by atoms with van der Waals surface area (Å²) < 4.78 is 57.3. The number of H-pyrrole nitrogens is 1. The first-order valence-electron chi connectivity index (χ1n) is 8.48. The lowest BCUT2D eigenvalue weighted by atomic mass is 10.1. The van der Waals surface area contributed by atoms with Crippen LogP contribution in [-0.4, -0.2) is 70.0 Å². The van der Waals surface area contributed by atoms with Crippen molar-refractivity contribution in [3.8, 4) is 0 Å². The summed E-state index contributed by atoms with van der Waals surface area (Å²) in [5, 5.41) is 0. The molecule has 162 valence electrons. The molecule has 0 radical (unpaired) electrons. The summed E-state index contributed by atoms with van der Waals surface area (Å²) in [7, 11) is 0.480. The Morgan fingerprint density at radius 2 is 2.07 bits per heavy atom. The second kappa shape index (κ2) is 8.17. The quantitative estimate of drug-likeness (QED) is 0.481. The molecule has 10 nitrogen and oxygen atoms in total. The third kappa shape index (κ3) is 4.14. The number of hydrogen-bond acceptors (Lipinski definition) is 10. The highest BCUT2D eigenvalue weighted by molar-refractivity contribution is 8.76. The Morgan fingerprint density at radius 1 is 1.34 bits per heavy atom. The number of fused-ring (bicyclic) bond motifs is 1. The van der Waals surface area contributed by atoms with Crippen molar-refractivity contribution in [3.05, 3.63) is 33.1 Å². The fraction of sp³-hybridized carbons (Fsp3) is 0.714. The molecule has 0 bridgehead atoms. The Morgan fingerprint density at radius 3 is 2.76 bits per heavy atom. The maximum atomic E-state index is 15.0. The van der Waals surface area contributed by atoms with Gasteiger partial charge in [-0.3, -0.25) is 14.3 Å². The molecule has 1 aromatic rings. The molecule has 4 rings (SSSR count). The van der Waals surface area contributed by atoms with Crippen LogP contribution in [0.5, 0.6) is 0 Å². The van der Waals surface area contributed by atoms with Crippen LogP contribution in [0.3, 0.4) is 0 Å². The van der Waals surface area contributed by atoms with Crippen LogP contribution in [0.2, 0.25) is 0 Å². The Hall–Kier alpha value is -0.570. The van der Waals surface area contributed by atoms with E-state index >= 15 is 8.78 Å². The Labute approximate surface area is 171 Å². The van der Waals surface area contributed by atoms with E-state index in [1.54, 1.807) is 10.8 Å². The van der Waals surface area contributed by atoms with Gasteiger partial charge in [0.1, 0.15) is 18.8 Å². The van der Waals surface area contributed by atoms with E-state index in [0.717, 1.165) is 12.3 Å². The lowest BCUT2D eigenvalue weighted by Crippen LogP contribution is -2.47. The van der Waals surface area contributed by atoms with E-state index in [4.69, 9.17) is 23.0 Å². The second-order valence-corrected chi connectivity index (χ2v) is 10.7. The molecule has 29 heavy (non-hydrogen) atoms. The van der Waals surface area contributed by atoms with Gasteiger partial charge in [0.05, 0.1) is 6.10 Å². The Kier molecular flexibility index (Phi) is 6.10. The van der Waals surface area contributed by atoms with Crippen LogP contribution in [-0.2, 0) is 23.0 Å². The van der Waals surface area contributed by atoms with Crippen LogP contribution in [0.15, 0.2) is 21.9 Å². The Balaban J connectivity index is 1.54. The van der Waals surface area contributed by atoms with Crippen molar-refractivity contribution in [1.82, 2.24) is 9.55 Å². The minimum absolute atomic E-state index is 0.358. The van der Waals surface area contributed by atoms with Gasteiger partial charge in [-0.05, 0) is 0 Å². The predicted octanol–water partition coefficient (Wildman–Crippen LogP) is 0.950. The highest BCUT2D eigenvalue weighted by atomic mass is 33.1. The van der Waals surface area contributed by atoms with E-state index < -0.39 is 56.5 Å². The maximum absolute atomic E-state index is 15.0. The van der Waals surface area contributed by atoms with Gasteiger partial charge in [-0.1, -0.05) is 21.6 Å². The lowest BCUT2D eigenvalue weighted by Gasteiger charge is -2.33. The van der Waals surface area contributed by atoms with Crippen LogP contribution in [0.1, 0.15) is 6.23 Å². The minimum atomic E-state index is -4.08. The number of halogens is 2. The van der Waals surface area contributed by atoms with Crippen molar-refractivity contribution >= 4 is 29.8 Å². The van der Waals surface area contributed by atoms with E-state index in [2.05, 4.69) is 0 Å². The second-order valence-electron chi connectivity index (χ2n) is 6.50. The van der Waals surface area contributed by atoms with Crippen molar-refractivity contribution < 1.29 is 36.7 Å². The van der Waals surface area contributed by atoms with Gasteiger partial charge in [-0.2, -0.15) is 18.2 Å². The standard InChI is InChI=1S/C14H17F2N2O8PS2/c1-22-8-5-28-29-6-9(8)25-27(21)23-4-7-11(26-27)14(15,16)12(24-7)18-3-2-10(19)17-13(18)20/h2-3,7-9,11-12,21H,4-6H2,1H3/p+1/t7-,8-,9-,11-,12-,27?/m1/s1. The molecule has 2 N–H and O–H groups in total. The van der Waals surface area contributed by atoms with E-state index in [1.165, 1.54) is 17.9 Å². The van der Waals surface area contributed by atoms with Crippen molar-refractivity contribution in [2.45, 2.75) is 36.6 Å². The summed E-state index contributed by atoms with van der Waals surface area (Å²) >= 11 is 0. The van der Waals surface area contributed by atoms with Gasteiger partial charge in [0.25, 0.3) is 5.56 Å². The fourth-order valence-corrected chi connectivity index (χ4v) is 7.37. The third-order valence-corrected chi connectivity index (χ3v) is 8.55. The molecule has 3 aliphatic heterocycles. The molecule has 0 amide bonds. The van der Waals surface area contributed by atoms with Crippen molar-refractivity contribution in [2.75, 3.05) is 25.2 Å². The molecule has 3 fully saturated rings. The van der Waals surface area contributed by atoms with Crippen LogP contribution < -0.4 is 11.2 Å². The maximum Gasteiger partial charge on any atom is 0.573 e. The SMILES string of the molecule is CO[C@@H]1CSSC[C@H]1O[P+]1(O)OC[C@H]2O[C@@H](n3ccc(=O)[nH]c3=O)C(F)(F)[C@@H]2O1. The molecule has 0 aliphatic carbocycles. The average molecular weight is 475 g/mol. The van der Waals surface area contributed by atoms with Crippen molar-refractivity contribution in [3.63, 3.8) is 0 Å². The van der Waals surface area contributed by atoms with Crippen molar-refractivity contribution in [2.24, 2.45) is 0 Å². The minimum Gasteiger partial charge on any atom is -0.378 e. The number of methoxy groups -OCH3 is 1. The molecule has 1 unspecified atom stereocenters. The normalized spacial score (nSPS) is 39.2. The van der Waals surface area contributed by atoms with Gasteiger partial charge >= 0.3 is 19.8 Å². The zero-order valence-electron chi connectivity index (χ0n) is 14.9. The van der Waals surface area contributed by atoms with Crippen LogP contribution in [0.25, 0.3) is 0 Å². The number of aromatic nitrogens is 2. The predicted molar refractivity (Wildman–Crippen MR) is 101 cm³/mol. The van der Waals surface area contributed by atoms with E-state index in [1.807, 2.05) is 4.98 Å². The average Bonchev–Trinajstić information content (AvgIpc) is 2.92. The first-order chi connectivity index (χ1) is 13.7. The third-order valence-electron chi connectivity index (χ3n) is 4.64. The van der Waals surface area contributed by atoms with Gasteiger partial charge in [-0.15, -0.1) is 9.05 Å². The molecule has 3 aliphatic rings. The number of hydrogen-bond donors (Lipinski definition) is 2.